The summed E-state index contributed by atoms with van der Waals surface area (Å²) in [6.07, 6.45) is 8.65. The molecule has 1 aromatic heterocycles. The molecule has 0 radical (unpaired) electrons. The van der Waals surface area contributed by atoms with Gasteiger partial charge in [0.1, 0.15) is 5.82 Å². The van der Waals surface area contributed by atoms with E-state index in [4.69, 9.17) is 0 Å². The molecule has 1 atom stereocenters. The maximum atomic E-state index is 4.33. The molecule has 86 valence electrons. The first kappa shape index (κ1) is 12.2. The monoisotopic (exact) mass is 209 g/mol. The molecule has 0 spiro atoms. The van der Waals surface area contributed by atoms with Crippen LogP contribution < -0.4 is 5.32 Å². The van der Waals surface area contributed by atoms with E-state index < -0.39 is 0 Å². The van der Waals surface area contributed by atoms with E-state index in [1.54, 1.807) is 0 Å². The normalized spacial score (nSPS) is 13.0. The molecule has 0 saturated heterocycles. The number of aryl methyl sites for hydroxylation is 2. The number of rotatable bonds is 7. The van der Waals surface area contributed by atoms with Crippen molar-refractivity contribution in [2.24, 2.45) is 7.05 Å². The van der Waals surface area contributed by atoms with Gasteiger partial charge in [-0.1, -0.05) is 13.8 Å². The van der Waals surface area contributed by atoms with E-state index in [-0.39, 0.29) is 0 Å². The number of nitrogens with one attached hydrogen (secondary N) is 1. The van der Waals surface area contributed by atoms with Crippen LogP contribution in [0.25, 0.3) is 0 Å². The third-order valence-corrected chi connectivity index (χ3v) is 2.86. The summed E-state index contributed by atoms with van der Waals surface area (Å²) in [6, 6.07) is 0.676. The number of hydrogen-bond acceptors (Lipinski definition) is 2. The van der Waals surface area contributed by atoms with E-state index >= 15 is 0 Å². The van der Waals surface area contributed by atoms with E-state index in [1.165, 1.54) is 25.1 Å². The van der Waals surface area contributed by atoms with Crippen LogP contribution in [0.15, 0.2) is 12.4 Å². The molecular weight excluding hydrogens is 186 g/mol. The van der Waals surface area contributed by atoms with Crippen molar-refractivity contribution in [3.8, 4) is 0 Å². The zero-order valence-corrected chi connectivity index (χ0v) is 10.2. The van der Waals surface area contributed by atoms with Crippen LogP contribution in [0.3, 0.4) is 0 Å². The average Bonchev–Trinajstić information content (AvgIpc) is 2.63. The maximum Gasteiger partial charge on any atom is 0.108 e. The Labute approximate surface area is 92.9 Å². The minimum absolute atomic E-state index is 0.676. The Morgan fingerprint density at radius 1 is 1.47 bits per heavy atom. The molecular formula is C12H23N3. The van der Waals surface area contributed by atoms with E-state index in [0.717, 1.165) is 13.0 Å². The van der Waals surface area contributed by atoms with Gasteiger partial charge in [0, 0.05) is 31.9 Å². The fourth-order valence-corrected chi connectivity index (χ4v) is 1.88. The van der Waals surface area contributed by atoms with Gasteiger partial charge in [0.05, 0.1) is 0 Å². The average molecular weight is 209 g/mol. The lowest BCUT2D eigenvalue weighted by Crippen LogP contribution is -2.28. The second kappa shape index (κ2) is 6.62. The molecule has 3 nitrogen and oxygen atoms in total. The van der Waals surface area contributed by atoms with Gasteiger partial charge in [0.15, 0.2) is 0 Å². The fourth-order valence-electron chi connectivity index (χ4n) is 1.88. The number of nitrogens with zero attached hydrogens (tertiary/aromatic N) is 2. The Hall–Kier alpha value is -0.830. The van der Waals surface area contributed by atoms with Gasteiger partial charge in [-0.2, -0.15) is 0 Å². The number of hydrogen-bond donors (Lipinski definition) is 1. The van der Waals surface area contributed by atoms with Crippen molar-refractivity contribution in [3.63, 3.8) is 0 Å². The summed E-state index contributed by atoms with van der Waals surface area (Å²) in [5.74, 6) is 1.20. The zero-order chi connectivity index (χ0) is 11.1. The van der Waals surface area contributed by atoms with Crippen molar-refractivity contribution in [2.45, 2.75) is 45.6 Å². The van der Waals surface area contributed by atoms with E-state index in [9.17, 15) is 0 Å². The third kappa shape index (κ3) is 4.04. The van der Waals surface area contributed by atoms with Crippen molar-refractivity contribution < 1.29 is 0 Å². The molecule has 0 aliphatic rings. The zero-order valence-electron chi connectivity index (χ0n) is 10.2. The van der Waals surface area contributed by atoms with Gasteiger partial charge in [-0.25, -0.2) is 4.98 Å². The summed E-state index contributed by atoms with van der Waals surface area (Å²) in [6.45, 7) is 5.48. The standard InChI is InChI=1S/C12H23N3/c1-4-11(13-5-2)7-6-8-12-14-9-10-15(12)3/h9-11,13H,4-8H2,1-3H3. The second-order valence-corrected chi connectivity index (χ2v) is 4.01. The Kier molecular flexibility index (Phi) is 5.40. The molecule has 0 aromatic carbocycles. The van der Waals surface area contributed by atoms with E-state index in [1.807, 2.05) is 12.4 Å². The Morgan fingerprint density at radius 3 is 2.80 bits per heavy atom. The second-order valence-electron chi connectivity index (χ2n) is 4.01. The first-order valence-corrected chi connectivity index (χ1v) is 5.97. The lowest BCUT2D eigenvalue weighted by molar-refractivity contribution is 0.463. The fraction of sp³-hybridized carbons (Fsp3) is 0.750. The van der Waals surface area contributed by atoms with E-state index in [2.05, 4.69) is 35.8 Å². The highest BCUT2D eigenvalue weighted by molar-refractivity contribution is 4.91. The highest BCUT2D eigenvalue weighted by Crippen LogP contribution is 2.06. The maximum absolute atomic E-state index is 4.33. The van der Waals surface area contributed by atoms with Crippen LogP contribution in [-0.2, 0) is 13.5 Å². The van der Waals surface area contributed by atoms with Crippen LogP contribution in [0.2, 0.25) is 0 Å². The summed E-state index contributed by atoms with van der Waals surface area (Å²) in [7, 11) is 2.06. The molecule has 0 saturated carbocycles. The number of aromatic nitrogens is 2. The molecule has 0 bridgehead atoms. The number of imidazole rings is 1. The van der Waals surface area contributed by atoms with Crippen LogP contribution in [0.1, 0.15) is 38.9 Å². The Morgan fingerprint density at radius 2 is 2.27 bits per heavy atom. The lowest BCUT2D eigenvalue weighted by Gasteiger charge is -2.15. The quantitative estimate of drug-likeness (QED) is 0.745. The SMILES string of the molecule is CCNC(CC)CCCc1nccn1C. The van der Waals surface area contributed by atoms with Crippen LogP contribution in [0, 0.1) is 0 Å². The summed E-state index contributed by atoms with van der Waals surface area (Å²) >= 11 is 0. The molecule has 1 aromatic rings. The summed E-state index contributed by atoms with van der Waals surface area (Å²) in [5, 5.41) is 3.50. The van der Waals surface area contributed by atoms with Crippen LogP contribution in [0.4, 0.5) is 0 Å². The molecule has 1 N–H and O–H groups in total. The predicted molar refractivity (Wildman–Crippen MR) is 63.9 cm³/mol. The van der Waals surface area contributed by atoms with Crippen molar-refractivity contribution in [2.75, 3.05) is 6.54 Å². The molecule has 1 heterocycles. The van der Waals surface area contributed by atoms with Gasteiger partial charge >= 0.3 is 0 Å². The molecule has 0 aliphatic carbocycles. The lowest BCUT2D eigenvalue weighted by atomic mass is 10.1. The minimum Gasteiger partial charge on any atom is -0.338 e. The van der Waals surface area contributed by atoms with Crippen LogP contribution in [0.5, 0.6) is 0 Å². The molecule has 0 aliphatic heterocycles. The van der Waals surface area contributed by atoms with Crippen molar-refractivity contribution in [3.05, 3.63) is 18.2 Å². The van der Waals surface area contributed by atoms with Gasteiger partial charge in [-0.05, 0) is 25.8 Å². The molecule has 1 unspecified atom stereocenters. The van der Waals surface area contributed by atoms with Gasteiger partial charge in [-0.15, -0.1) is 0 Å². The Bertz CT molecular complexity index is 268. The van der Waals surface area contributed by atoms with Gasteiger partial charge in [0.25, 0.3) is 0 Å². The summed E-state index contributed by atoms with van der Waals surface area (Å²) in [5.41, 5.74) is 0. The molecule has 0 fully saturated rings. The van der Waals surface area contributed by atoms with Gasteiger partial charge in [0.2, 0.25) is 0 Å². The first-order chi connectivity index (χ1) is 7.27. The molecule has 1 rings (SSSR count). The van der Waals surface area contributed by atoms with Crippen molar-refractivity contribution >= 4 is 0 Å². The van der Waals surface area contributed by atoms with E-state index in [0.29, 0.717) is 6.04 Å². The smallest absolute Gasteiger partial charge is 0.108 e. The third-order valence-electron chi connectivity index (χ3n) is 2.86. The molecule has 15 heavy (non-hydrogen) atoms. The molecule has 3 heteroatoms. The van der Waals surface area contributed by atoms with Crippen molar-refractivity contribution in [1.82, 2.24) is 14.9 Å². The highest BCUT2D eigenvalue weighted by atomic mass is 15.0. The minimum atomic E-state index is 0.676. The van der Waals surface area contributed by atoms with Crippen LogP contribution in [-0.4, -0.2) is 22.1 Å². The van der Waals surface area contributed by atoms with Crippen molar-refractivity contribution in [1.29, 1.82) is 0 Å². The first-order valence-electron chi connectivity index (χ1n) is 5.97. The Balaban J connectivity index is 2.23. The molecule has 0 amide bonds. The summed E-state index contributed by atoms with van der Waals surface area (Å²) in [4.78, 5) is 4.33. The van der Waals surface area contributed by atoms with Gasteiger partial charge in [-0.3, -0.25) is 0 Å². The van der Waals surface area contributed by atoms with Gasteiger partial charge < -0.3 is 9.88 Å². The van der Waals surface area contributed by atoms with Crippen LogP contribution >= 0.6 is 0 Å². The largest absolute Gasteiger partial charge is 0.338 e. The highest BCUT2D eigenvalue weighted by Gasteiger charge is 2.05. The topological polar surface area (TPSA) is 29.9 Å². The summed E-state index contributed by atoms with van der Waals surface area (Å²) < 4.78 is 2.11. The predicted octanol–water partition coefficient (Wildman–Crippen LogP) is 2.13.